The van der Waals surface area contributed by atoms with Crippen LogP contribution in [-0.4, -0.2) is 40.8 Å². The molecule has 0 saturated carbocycles. The van der Waals surface area contributed by atoms with Gasteiger partial charge in [0.25, 0.3) is 6.47 Å². The number of nitrogens with zero attached hydrogens (tertiary/aromatic N) is 2. The van der Waals surface area contributed by atoms with E-state index in [0.717, 1.165) is 33.5 Å². The number of furan rings is 1. The molecule has 1 aliphatic rings. The second kappa shape index (κ2) is 9.66. The van der Waals surface area contributed by atoms with Crippen LogP contribution in [0.2, 0.25) is 5.28 Å². The van der Waals surface area contributed by atoms with Gasteiger partial charge in [0, 0.05) is 23.4 Å². The second-order valence-corrected chi connectivity index (χ2v) is 8.15. The molecular weight excluding hydrogens is 472 g/mol. The molecule has 3 aromatic rings. The van der Waals surface area contributed by atoms with Crippen LogP contribution in [0.1, 0.15) is 23.0 Å². The van der Waals surface area contributed by atoms with Gasteiger partial charge in [-0.1, -0.05) is 0 Å². The molecule has 0 unspecified atom stereocenters. The van der Waals surface area contributed by atoms with Gasteiger partial charge < -0.3 is 25.3 Å². The van der Waals surface area contributed by atoms with E-state index in [1.165, 1.54) is 4.88 Å². The van der Waals surface area contributed by atoms with E-state index < -0.39 is 0 Å². The number of hydrogen-bond donors (Lipinski definition) is 3. The lowest BCUT2D eigenvalue weighted by molar-refractivity contribution is -0.122. The van der Waals surface area contributed by atoms with Crippen molar-refractivity contribution in [3.63, 3.8) is 0 Å². The summed E-state index contributed by atoms with van der Waals surface area (Å²) < 4.78 is 12.7. The Hall–Kier alpha value is -1.72. The number of halogens is 2. The first-order valence-electron chi connectivity index (χ1n) is 8.38. The van der Waals surface area contributed by atoms with Crippen LogP contribution in [0, 0.1) is 0 Å². The molecule has 28 heavy (non-hydrogen) atoms. The summed E-state index contributed by atoms with van der Waals surface area (Å²) in [5.74, 6) is 1.76. The van der Waals surface area contributed by atoms with Gasteiger partial charge in [0.05, 0.1) is 28.6 Å². The first-order chi connectivity index (χ1) is 13.5. The fourth-order valence-corrected chi connectivity index (χ4v) is 5.40. The number of rotatable bonds is 4. The van der Waals surface area contributed by atoms with Gasteiger partial charge in [-0.25, -0.2) is 4.98 Å². The molecule has 0 radical (unpaired) electrons. The highest BCUT2D eigenvalue weighted by Crippen LogP contribution is 2.44. The summed E-state index contributed by atoms with van der Waals surface area (Å²) in [6, 6.07) is 3.73. The van der Waals surface area contributed by atoms with Gasteiger partial charge in [-0.15, -0.1) is 11.3 Å². The molecule has 4 rings (SSSR count). The van der Waals surface area contributed by atoms with Crippen molar-refractivity contribution in [2.45, 2.75) is 24.9 Å². The van der Waals surface area contributed by atoms with E-state index >= 15 is 0 Å². The maximum absolute atomic E-state index is 8.36. The first kappa shape index (κ1) is 21.0. The summed E-state index contributed by atoms with van der Waals surface area (Å²) >= 11 is 11.5. The van der Waals surface area contributed by atoms with Crippen LogP contribution in [0.3, 0.4) is 0 Å². The standard InChI is InChI=1S/C16H16BrClN4O2S.CH2O2/c17-11-12-14(25-13(11)9-3-5-23-7-10(9)19)15(22-16(18)21-12)20-6-8-2-1-4-24-8;2-1-3/h1-2,4,9-10H,3,5-7,19H2,(H,20,21,22);1H,(H,2,3)/t9-,10-;/m0./s1. The minimum atomic E-state index is -0.250. The van der Waals surface area contributed by atoms with Crippen molar-refractivity contribution >= 4 is 61.4 Å². The fraction of sp³-hybridized carbons (Fsp3) is 0.353. The van der Waals surface area contributed by atoms with E-state index in [-0.39, 0.29) is 23.7 Å². The normalized spacial score (nSPS) is 19.1. The smallest absolute Gasteiger partial charge is 0.290 e. The van der Waals surface area contributed by atoms with Crippen LogP contribution in [0.4, 0.5) is 5.82 Å². The van der Waals surface area contributed by atoms with Crippen LogP contribution < -0.4 is 11.1 Å². The Labute approximate surface area is 178 Å². The molecular formula is C17H18BrClN4O4S. The number of carboxylic acid groups (broad SMARTS) is 1. The number of fused-ring (bicyclic) bond motifs is 1. The number of thiophene rings is 1. The number of nitrogens with two attached hydrogens (primary N) is 1. The number of aromatic nitrogens is 2. The summed E-state index contributed by atoms with van der Waals surface area (Å²) in [5.41, 5.74) is 7.07. The van der Waals surface area contributed by atoms with E-state index in [0.29, 0.717) is 19.0 Å². The maximum atomic E-state index is 8.36. The van der Waals surface area contributed by atoms with E-state index in [2.05, 4.69) is 31.2 Å². The maximum Gasteiger partial charge on any atom is 0.290 e. The van der Waals surface area contributed by atoms with Crippen LogP contribution in [0.15, 0.2) is 27.3 Å². The van der Waals surface area contributed by atoms with Crippen LogP contribution in [0.5, 0.6) is 0 Å². The number of hydrogen-bond acceptors (Lipinski definition) is 8. The molecule has 11 heteroatoms. The highest BCUT2D eigenvalue weighted by atomic mass is 79.9. The van der Waals surface area contributed by atoms with Gasteiger partial charge in [-0.3, -0.25) is 4.79 Å². The summed E-state index contributed by atoms with van der Waals surface area (Å²) in [7, 11) is 0. The molecule has 1 aliphatic heterocycles. The lowest BCUT2D eigenvalue weighted by Crippen LogP contribution is -2.37. The predicted octanol–water partition coefficient (Wildman–Crippen LogP) is 3.84. The van der Waals surface area contributed by atoms with Crippen molar-refractivity contribution in [3.8, 4) is 0 Å². The Bertz CT molecular complexity index is 937. The molecule has 4 N–H and O–H groups in total. The van der Waals surface area contributed by atoms with Gasteiger partial charge in [0.2, 0.25) is 5.28 Å². The fourth-order valence-electron chi connectivity index (χ4n) is 2.97. The van der Waals surface area contributed by atoms with Crippen molar-refractivity contribution in [2.24, 2.45) is 5.73 Å². The minimum absolute atomic E-state index is 0.0268. The quantitative estimate of drug-likeness (QED) is 0.373. The Morgan fingerprint density at radius 1 is 1.50 bits per heavy atom. The molecule has 0 aliphatic carbocycles. The van der Waals surface area contributed by atoms with Crippen molar-refractivity contribution in [1.29, 1.82) is 0 Å². The zero-order chi connectivity index (χ0) is 20.1. The van der Waals surface area contributed by atoms with Crippen molar-refractivity contribution in [3.05, 3.63) is 38.8 Å². The molecule has 0 aromatic carbocycles. The van der Waals surface area contributed by atoms with Gasteiger partial charge in [-0.05, 0) is 46.1 Å². The predicted molar refractivity (Wildman–Crippen MR) is 111 cm³/mol. The molecule has 2 atom stereocenters. The van der Waals surface area contributed by atoms with Gasteiger partial charge in [0.15, 0.2) is 0 Å². The topological polar surface area (TPSA) is 124 Å². The Morgan fingerprint density at radius 2 is 2.29 bits per heavy atom. The van der Waals surface area contributed by atoms with E-state index in [4.69, 9.17) is 36.4 Å². The molecule has 1 saturated heterocycles. The lowest BCUT2D eigenvalue weighted by atomic mass is 9.94. The lowest BCUT2D eigenvalue weighted by Gasteiger charge is -2.28. The van der Waals surface area contributed by atoms with Crippen LogP contribution >= 0.6 is 38.9 Å². The molecule has 150 valence electrons. The summed E-state index contributed by atoms with van der Waals surface area (Å²) in [4.78, 5) is 18.3. The number of nitrogens with one attached hydrogen (secondary N) is 1. The number of ether oxygens (including phenoxy) is 1. The van der Waals surface area contributed by atoms with E-state index in [9.17, 15) is 0 Å². The summed E-state index contributed by atoms with van der Waals surface area (Å²) in [5, 5.41) is 10.4. The third-order valence-electron chi connectivity index (χ3n) is 4.22. The molecule has 8 nitrogen and oxygen atoms in total. The monoisotopic (exact) mass is 488 g/mol. The van der Waals surface area contributed by atoms with Crippen molar-refractivity contribution in [2.75, 3.05) is 18.5 Å². The largest absolute Gasteiger partial charge is 0.483 e. The summed E-state index contributed by atoms with van der Waals surface area (Å²) in [6.07, 6.45) is 2.54. The van der Waals surface area contributed by atoms with Gasteiger partial charge >= 0.3 is 0 Å². The van der Waals surface area contributed by atoms with Crippen molar-refractivity contribution in [1.82, 2.24) is 9.97 Å². The van der Waals surface area contributed by atoms with Gasteiger partial charge in [0.1, 0.15) is 17.1 Å². The van der Waals surface area contributed by atoms with Crippen LogP contribution in [-0.2, 0) is 16.1 Å². The third-order valence-corrected chi connectivity index (χ3v) is 6.77. The summed E-state index contributed by atoms with van der Waals surface area (Å²) in [6.45, 7) is 1.56. The van der Waals surface area contributed by atoms with Gasteiger partial charge in [-0.2, -0.15) is 4.98 Å². The molecule has 0 spiro atoms. The Balaban J connectivity index is 0.000000706. The van der Waals surface area contributed by atoms with Crippen molar-refractivity contribution < 1.29 is 19.1 Å². The SMILES string of the molecule is N[C@H]1COCC[C@@H]1c1sc2c(NCc3ccco3)nc(Cl)nc2c1Br.O=CO. The molecule has 0 amide bonds. The highest BCUT2D eigenvalue weighted by molar-refractivity contribution is 9.10. The van der Waals surface area contributed by atoms with E-state index in [1.807, 2.05) is 12.1 Å². The zero-order valence-electron chi connectivity index (χ0n) is 14.6. The Kier molecular flexibility index (Phi) is 7.24. The molecule has 1 fully saturated rings. The second-order valence-electron chi connectivity index (χ2n) is 5.97. The number of anilines is 1. The van der Waals surface area contributed by atoms with E-state index in [1.54, 1.807) is 17.6 Å². The van der Waals surface area contributed by atoms with Crippen LogP contribution in [0.25, 0.3) is 10.2 Å². The Morgan fingerprint density at radius 3 is 2.96 bits per heavy atom. The minimum Gasteiger partial charge on any atom is -0.483 e. The molecule has 3 aromatic heterocycles. The molecule has 0 bridgehead atoms. The average Bonchev–Trinajstić information content (AvgIpc) is 3.30. The highest BCUT2D eigenvalue weighted by Gasteiger charge is 2.29. The number of carbonyl (C=O) groups is 1. The zero-order valence-corrected chi connectivity index (χ0v) is 17.8. The average molecular weight is 490 g/mol. The first-order valence-corrected chi connectivity index (χ1v) is 10.4. The molecule has 4 heterocycles. The third kappa shape index (κ3) is 4.64.